The summed E-state index contributed by atoms with van der Waals surface area (Å²) in [4.78, 5) is 11.2. The number of halogens is 1. The maximum atomic E-state index is 11.2. The number of rotatable bonds is 8. The first-order valence-corrected chi connectivity index (χ1v) is 7.68. The van der Waals surface area contributed by atoms with Gasteiger partial charge in [-0.3, -0.25) is 0 Å². The molecule has 1 rings (SSSR count). The average Bonchev–Trinajstić information content (AvgIpc) is 2.38. The lowest BCUT2D eigenvalue weighted by atomic mass is 10.1. The number of carboxylic acids is 1. The lowest BCUT2D eigenvalue weighted by Gasteiger charge is -2.20. The normalized spacial score (nSPS) is 12.2. The molecule has 5 heteroatoms. The fourth-order valence-electron chi connectivity index (χ4n) is 2.00. The Morgan fingerprint density at radius 1 is 1.45 bits per heavy atom. The second kappa shape index (κ2) is 8.27. The van der Waals surface area contributed by atoms with Crippen LogP contribution < -0.4 is 10.1 Å². The molecule has 1 atom stereocenters. The van der Waals surface area contributed by atoms with Gasteiger partial charge < -0.3 is 15.2 Å². The molecule has 0 aliphatic carbocycles. The Kier molecular flexibility index (Phi) is 7.02. The van der Waals surface area contributed by atoms with E-state index >= 15 is 0 Å². The third-order valence-corrected chi connectivity index (χ3v) is 3.43. The fourth-order valence-corrected chi connectivity index (χ4v) is 2.62. The van der Waals surface area contributed by atoms with Crippen molar-refractivity contribution in [1.29, 1.82) is 0 Å². The number of hydrogen-bond donors (Lipinski definition) is 2. The number of benzene rings is 1. The molecule has 0 aromatic heterocycles. The van der Waals surface area contributed by atoms with Crippen LogP contribution in [0.2, 0.25) is 0 Å². The maximum absolute atomic E-state index is 11.2. The van der Waals surface area contributed by atoms with Crippen LogP contribution >= 0.6 is 15.9 Å². The quantitative estimate of drug-likeness (QED) is 0.758. The highest BCUT2D eigenvalue weighted by molar-refractivity contribution is 9.10. The summed E-state index contributed by atoms with van der Waals surface area (Å²) >= 11 is 3.47. The number of aliphatic carboxylic acids is 1. The van der Waals surface area contributed by atoms with Crippen molar-refractivity contribution in [2.24, 2.45) is 0 Å². The summed E-state index contributed by atoms with van der Waals surface area (Å²) in [6.45, 7) is 7.42. The minimum Gasteiger partial charge on any atom is -0.479 e. The number of nitrogens with one attached hydrogen (secondary N) is 1. The van der Waals surface area contributed by atoms with E-state index in [-0.39, 0.29) is 0 Å². The van der Waals surface area contributed by atoms with Gasteiger partial charge in [0.05, 0.1) is 0 Å². The van der Waals surface area contributed by atoms with Gasteiger partial charge in [-0.15, -0.1) is 0 Å². The van der Waals surface area contributed by atoms with Gasteiger partial charge in [-0.25, -0.2) is 4.79 Å². The highest BCUT2D eigenvalue weighted by Gasteiger charge is 2.21. The van der Waals surface area contributed by atoms with Crippen LogP contribution in [0.25, 0.3) is 0 Å². The van der Waals surface area contributed by atoms with E-state index in [1.54, 1.807) is 0 Å². The zero-order chi connectivity index (χ0) is 15.1. The molecule has 4 nitrogen and oxygen atoms in total. The van der Waals surface area contributed by atoms with Crippen molar-refractivity contribution in [1.82, 2.24) is 5.32 Å². The van der Waals surface area contributed by atoms with Crippen molar-refractivity contribution in [2.45, 2.75) is 46.3 Å². The van der Waals surface area contributed by atoms with Gasteiger partial charge in [-0.2, -0.15) is 0 Å². The van der Waals surface area contributed by atoms with Crippen molar-refractivity contribution < 1.29 is 14.6 Å². The molecule has 2 N–H and O–H groups in total. The molecule has 0 bridgehead atoms. The van der Waals surface area contributed by atoms with Crippen molar-refractivity contribution in [2.75, 3.05) is 6.54 Å². The second-order valence-electron chi connectivity index (χ2n) is 4.72. The molecule has 0 saturated heterocycles. The van der Waals surface area contributed by atoms with Gasteiger partial charge >= 0.3 is 5.97 Å². The number of aryl methyl sites for hydroxylation is 1. The molecule has 0 aliphatic rings. The van der Waals surface area contributed by atoms with Gasteiger partial charge in [0.25, 0.3) is 0 Å². The number of carboxylic acid groups (broad SMARTS) is 1. The predicted octanol–water partition coefficient (Wildman–Crippen LogP) is 3.50. The van der Waals surface area contributed by atoms with Crippen molar-refractivity contribution in [3.05, 3.63) is 27.7 Å². The largest absolute Gasteiger partial charge is 0.479 e. The molecular weight excluding hydrogens is 322 g/mol. The van der Waals surface area contributed by atoms with E-state index in [0.717, 1.165) is 28.6 Å². The highest BCUT2D eigenvalue weighted by Crippen LogP contribution is 2.29. The molecule has 0 radical (unpaired) electrons. The number of carbonyl (C=O) groups is 1. The molecule has 20 heavy (non-hydrogen) atoms. The zero-order valence-corrected chi connectivity index (χ0v) is 13.8. The highest BCUT2D eigenvalue weighted by atomic mass is 79.9. The summed E-state index contributed by atoms with van der Waals surface area (Å²) < 4.78 is 6.74. The number of hydrogen-bond acceptors (Lipinski definition) is 3. The Morgan fingerprint density at radius 2 is 2.15 bits per heavy atom. The van der Waals surface area contributed by atoms with E-state index in [1.807, 2.05) is 32.9 Å². The SMILES string of the molecule is CCCC(Oc1c(C)cc(Br)cc1CNCC)C(=O)O. The zero-order valence-electron chi connectivity index (χ0n) is 12.2. The Balaban J connectivity index is 3.04. The van der Waals surface area contributed by atoms with Crippen LogP contribution in [0.5, 0.6) is 5.75 Å². The van der Waals surface area contributed by atoms with E-state index in [2.05, 4.69) is 21.2 Å². The molecule has 0 heterocycles. The molecule has 0 spiro atoms. The van der Waals surface area contributed by atoms with E-state index in [0.29, 0.717) is 18.7 Å². The summed E-state index contributed by atoms with van der Waals surface area (Å²) in [5, 5.41) is 12.5. The Bertz CT molecular complexity index is 463. The van der Waals surface area contributed by atoms with Crippen molar-refractivity contribution in [3.63, 3.8) is 0 Å². The van der Waals surface area contributed by atoms with Gasteiger partial charge in [0.2, 0.25) is 0 Å². The third kappa shape index (κ3) is 4.80. The van der Waals surface area contributed by atoms with Gasteiger partial charge in [-0.05, 0) is 37.6 Å². The monoisotopic (exact) mass is 343 g/mol. The van der Waals surface area contributed by atoms with E-state index in [9.17, 15) is 9.90 Å². The minimum absolute atomic E-state index is 0.505. The Labute approximate surface area is 128 Å². The lowest BCUT2D eigenvalue weighted by molar-refractivity contribution is -0.145. The minimum atomic E-state index is -0.913. The van der Waals surface area contributed by atoms with E-state index in [1.165, 1.54) is 0 Å². The summed E-state index contributed by atoms with van der Waals surface area (Å²) in [6.07, 6.45) is 0.487. The number of ether oxygens (including phenoxy) is 1. The average molecular weight is 344 g/mol. The van der Waals surface area contributed by atoms with Crippen LogP contribution in [-0.2, 0) is 11.3 Å². The van der Waals surface area contributed by atoms with Crippen LogP contribution in [0, 0.1) is 6.92 Å². The Hall–Kier alpha value is -1.07. The lowest BCUT2D eigenvalue weighted by Crippen LogP contribution is -2.28. The fraction of sp³-hybridized carbons (Fsp3) is 0.533. The van der Waals surface area contributed by atoms with Crippen LogP contribution in [0.15, 0.2) is 16.6 Å². The molecule has 0 amide bonds. The van der Waals surface area contributed by atoms with Crippen molar-refractivity contribution >= 4 is 21.9 Å². The van der Waals surface area contributed by atoms with Crippen LogP contribution in [-0.4, -0.2) is 23.7 Å². The van der Waals surface area contributed by atoms with E-state index in [4.69, 9.17) is 4.74 Å². The first kappa shape index (κ1) is 17.0. The first-order valence-electron chi connectivity index (χ1n) is 6.88. The third-order valence-electron chi connectivity index (χ3n) is 2.97. The predicted molar refractivity (Wildman–Crippen MR) is 83.2 cm³/mol. The summed E-state index contributed by atoms with van der Waals surface area (Å²) in [5.41, 5.74) is 1.91. The maximum Gasteiger partial charge on any atom is 0.344 e. The molecule has 1 unspecified atom stereocenters. The molecule has 0 saturated carbocycles. The van der Waals surface area contributed by atoms with E-state index < -0.39 is 12.1 Å². The molecule has 1 aromatic carbocycles. The Morgan fingerprint density at radius 3 is 2.70 bits per heavy atom. The molecule has 0 aliphatic heterocycles. The van der Waals surface area contributed by atoms with Gasteiger partial charge in [-0.1, -0.05) is 36.2 Å². The molecular formula is C15H22BrNO3. The standard InChI is InChI=1S/C15H22BrNO3/c1-4-6-13(15(18)19)20-14-10(3)7-12(16)8-11(14)9-17-5-2/h7-8,13,17H,4-6,9H2,1-3H3,(H,18,19). The summed E-state index contributed by atoms with van der Waals surface area (Å²) in [5.74, 6) is -0.237. The summed E-state index contributed by atoms with van der Waals surface area (Å²) in [6, 6.07) is 3.91. The first-order chi connectivity index (χ1) is 9.49. The van der Waals surface area contributed by atoms with Gasteiger partial charge in [0, 0.05) is 16.6 Å². The smallest absolute Gasteiger partial charge is 0.344 e. The van der Waals surface area contributed by atoms with Crippen LogP contribution in [0.3, 0.4) is 0 Å². The molecule has 112 valence electrons. The van der Waals surface area contributed by atoms with Crippen molar-refractivity contribution in [3.8, 4) is 5.75 Å². The second-order valence-corrected chi connectivity index (χ2v) is 5.64. The van der Waals surface area contributed by atoms with Gasteiger partial charge in [0.1, 0.15) is 5.75 Å². The van der Waals surface area contributed by atoms with Crippen LogP contribution in [0.4, 0.5) is 0 Å². The van der Waals surface area contributed by atoms with Crippen LogP contribution in [0.1, 0.15) is 37.8 Å². The molecule has 0 fully saturated rings. The summed E-state index contributed by atoms with van der Waals surface area (Å²) in [7, 11) is 0. The molecule has 1 aromatic rings. The van der Waals surface area contributed by atoms with Gasteiger partial charge in [0.15, 0.2) is 6.10 Å². The topological polar surface area (TPSA) is 58.6 Å².